The largest absolute Gasteiger partial charge is 0.467 e. The van der Waals surface area contributed by atoms with E-state index in [0.29, 0.717) is 36.0 Å². The highest BCUT2D eigenvalue weighted by atomic mass is 32.2. The van der Waals surface area contributed by atoms with Crippen molar-refractivity contribution < 1.29 is 13.2 Å². The summed E-state index contributed by atoms with van der Waals surface area (Å²) >= 11 is 1.53. The molecule has 0 aliphatic carbocycles. The van der Waals surface area contributed by atoms with Gasteiger partial charge in [-0.2, -0.15) is 4.31 Å². The van der Waals surface area contributed by atoms with Gasteiger partial charge in [-0.25, -0.2) is 13.4 Å². The van der Waals surface area contributed by atoms with E-state index in [1.165, 1.54) is 11.3 Å². The van der Waals surface area contributed by atoms with Gasteiger partial charge in [-0.15, -0.1) is 0 Å². The van der Waals surface area contributed by atoms with Crippen molar-refractivity contribution in [3.05, 3.63) is 54.1 Å². The van der Waals surface area contributed by atoms with Gasteiger partial charge in [0, 0.05) is 13.1 Å². The first-order valence-corrected chi connectivity index (χ1v) is 10.9. The molecule has 0 unspecified atom stereocenters. The van der Waals surface area contributed by atoms with E-state index in [0.717, 1.165) is 15.8 Å². The topological polar surface area (TPSA) is 59.5 Å². The maximum Gasteiger partial charge on any atom is 0.274 e. The molecular formula is C19H20N2O3S2. The molecule has 0 spiro atoms. The molecule has 3 aromatic rings. The third kappa shape index (κ3) is 3.47. The number of benzene rings is 2. The zero-order chi connectivity index (χ0) is 18.1. The smallest absolute Gasteiger partial charge is 0.274 e. The molecule has 1 aromatic heterocycles. The van der Waals surface area contributed by atoms with Gasteiger partial charge in [0.1, 0.15) is 6.10 Å². The minimum atomic E-state index is -3.43. The number of thiazole rings is 1. The lowest BCUT2D eigenvalue weighted by Crippen LogP contribution is -2.41. The van der Waals surface area contributed by atoms with Gasteiger partial charge in [-0.1, -0.05) is 41.2 Å². The molecule has 26 heavy (non-hydrogen) atoms. The number of piperidine rings is 1. The average Bonchev–Trinajstić information content (AvgIpc) is 3.05. The Hall–Kier alpha value is -1.96. The second-order valence-corrected chi connectivity index (χ2v) is 9.41. The lowest BCUT2D eigenvalue weighted by atomic mass is 10.1. The van der Waals surface area contributed by atoms with E-state index in [-0.39, 0.29) is 6.10 Å². The Morgan fingerprint density at radius 3 is 2.46 bits per heavy atom. The van der Waals surface area contributed by atoms with E-state index in [4.69, 9.17) is 4.74 Å². The number of fused-ring (bicyclic) bond motifs is 1. The standard InChI is InChI=1S/C19H20N2O3S2/c1-14-6-8-16(9-7-14)26(22,23)21-12-10-15(11-13-21)24-19-20-17-4-2-3-5-18(17)25-19/h2-9,15H,10-13H2,1H3. The van der Waals surface area contributed by atoms with Gasteiger partial charge in [0.25, 0.3) is 5.19 Å². The average molecular weight is 389 g/mol. The molecule has 0 bridgehead atoms. The molecular weight excluding hydrogens is 368 g/mol. The first kappa shape index (κ1) is 17.5. The molecule has 2 heterocycles. The fraction of sp³-hybridized carbons (Fsp3) is 0.316. The van der Waals surface area contributed by atoms with Crippen molar-refractivity contribution in [2.24, 2.45) is 0 Å². The minimum Gasteiger partial charge on any atom is -0.467 e. The van der Waals surface area contributed by atoms with Gasteiger partial charge in [0.15, 0.2) is 0 Å². The molecule has 1 saturated heterocycles. The van der Waals surface area contributed by atoms with Crippen LogP contribution in [0.5, 0.6) is 5.19 Å². The lowest BCUT2D eigenvalue weighted by molar-refractivity contribution is 0.135. The van der Waals surface area contributed by atoms with Crippen molar-refractivity contribution in [1.29, 1.82) is 0 Å². The number of nitrogens with zero attached hydrogens (tertiary/aromatic N) is 2. The van der Waals surface area contributed by atoms with Crippen LogP contribution in [-0.4, -0.2) is 36.9 Å². The third-order valence-corrected chi connectivity index (χ3v) is 7.44. The second kappa shape index (κ2) is 6.98. The van der Waals surface area contributed by atoms with Crippen LogP contribution in [0.3, 0.4) is 0 Å². The highest BCUT2D eigenvalue weighted by molar-refractivity contribution is 7.89. The Balaban J connectivity index is 1.41. The minimum absolute atomic E-state index is 0.0000278. The van der Waals surface area contributed by atoms with Crippen LogP contribution < -0.4 is 4.74 Å². The molecule has 2 aromatic carbocycles. The number of hydrogen-bond donors (Lipinski definition) is 0. The third-order valence-electron chi connectivity index (χ3n) is 4.60. The van der Waals surface area contributed by atoms with Crippen LogP contribution >= 0.6 is 11.3 Å². The van der Waals surface area contributed by atoms with Crippen molar-refractivity contribution in [3.8, 4) is 5.19 Å². The summed E-state index contributed by atoms with van der Waals surface area (Å²) < 4.78 is 34.2. The van der Waals surface area contributed by atoms with E-state index in [1.54, 1.807) is 16.4 Å². The molecule has 0 amide bonds. The van der Waals surface area contributed by atoms with Gasteiger partial charge in [0.2, 0.25) is 10.0 Å². The van der Waals surface area contributed by atoms with E-state index in [9.17, 15) is 8.42 Å². The molecule has 7 heteroatoms. The van der Waals surface area contributed by atoms with Crippen molar-refractivity contribution >= 4 is 31.6 Å². The molecule has 5 nitrogen and oxygen atoms in total. The number of aromatic nitrogens is 1. The number of rotatable bonds is 4. The molecule has 0 radical (unpaired) electrons. The van der Waals surface area contributed by atoms with Crippen molar-refractivity contribution in [3.63, 3.8) is 0 Å². The lowest BCUT2D eigenvalue weighted by Gasteiger charge is -2.30. The molecule has 0 atom stereocenters. The molecule has 136 valence electrons. The Morgan fingerprint density at radius 2 is 1.77 bits per heavy atom. The Labute approximate surface area is 157 Å². The Kier molecular flexibility index (Phi) is 4.69. The van der Waals surface area contributed by atoms with Crippen molar-refractivity contribution in [2.75, 3.05) is 13.1 Å². The Morgan fingerprint density at radius 1 is 1.08 bits per heavy atom. The van der Waals surface area contributed by atoms with Crippen LogP contribution in [-0.2, 0) is 10.0 Å². The highest BCUT2D eigenvalue weighted by Crippen LogP contribution is 2.30. The SMILES string of the molecule is Cc1ccc(S(=O)(=O)N2CCC(Oc3nc4ccccc4s3)CC2)cc1. The van der Waals surface area contributed by atoms with Gasteiger partial charge in [-0.05, 0) is 44.0 Å². The first-order chi connectivity index (χ1) is 12.5. The van der Waals surface area contributed by atoms with Crippen LogP contribution in [0.15, 0.2) is 53.4 Å². The van der Waals surface area contributed by atoms with Crippen LogP contribution in [0.4, 0.5) is 0 Å². The maximum atomic E-state index is 12.8. The second-order valence-electron chi connectivity index (χ2n) is 6.48. The summed E-state index contributed by atoms with van der Waals surface area (Å²) in [4.78, 5) is 4.85. The fourth-order valence-corrected chi connectivity index (χ4v) is 5.44. The van der Waals surface area contributed by atoms with Gasteiger partial charge < -0.3 is 4.74 Å². The summed E-state index contributed by atoms with van der Waals surface area (Å²) in [5, 5.41) is 0.658. The van der Waals surface area contributed by atoms with E-state index in [2.05, 4.69) is 4.98 Å². The molecule has 4 rings (SSSR count). The summed E-state index contributed by atoms with van der Waals surface area (Å²) in [6.07, 6.45) is 1.34. The molecule has 1 aliphatic rings. The summed E-state index contributed by atoms with van der Waals surface area (Å²) in [5.41, 5.74) is 1.98. The first-order valence-electron chi connectivity index (χ1n) is 8.61. The number of ether oxygens (including phenoxy) is 1. The highest BCUT2D eigenvalue weighted by Gasteiger charge is 2.30. The normalized spacial score (nSPS) is 16.8. The molecule has 1 aliphatic heterocycles. The predicted molar refractivity (Wildman–Crippen MR) is 103 cm³/mol. The van der Waals surface area contributed by atoms with E-state index < -0.39 is 10.0 Å². The number of hydrogen-bond acceptors (Lipinski definition) is 5. The molecule has 0 saturated carbocycles. The van der Waals surface area contributed by atoms with Crippen molar-refractivity contribution in [1.82, 2.24) is 9.29 Å². The van der Waals surface area contributed by atoms with Crippen LogP contribution in [0.25, 0.3) is 10.2 Å². The number of para-hydroxylation sites is 1. The van der Waals surface area contributed by atoms with Crippen LogP contribution in [0, 0.1) is 6.92 Å². The van der Waals surface area contributed by atoms with Crippen LogP contribution in [0.1, 0.15) is 18.4 Å². The zero-order valence-electron chi connectivity index (χ0n) is 14.5. The summed E-state index contributed by atoms with van der Waals surface area (Å²) in [5.74, 6) is 0. The van der Waals surface area contributed by atoms with E-state index in [1.807, 2.05) is 43.3 Å². The van der Waals surface area contributed by atoms with E-state index >= 15 is 0 Å². The number of aryl methyl sites for hydroxylation is 1. The predicted octanol–water partition coefficient (Wildman–Crippen LogP) is 3.84. The van der Waals surface area contributed by atoms with Crippen LogP contribution in [0.2, 0.25) is 0 Å². The van der Waals surface area contributed by atoms with Gasteiger partial charge in [0.05, 0.1) is 15.1 Å². The van der Waals surface area contributed by atoms with Gasteiger partial charge in [-0.3, -0.25) is 0 Å². The summed E-state index contributed by atoms with van der Waals surface area (Å²) in [6, 6.07) is 14.9. The summed E-state index contributed by atoms with van der Waals surface area (Å²) in [7, 11) is -3.43. The maximum absolute atomic E-state index is 12.8. The fourth-order valence-electron chi connectivity index (χ4n) is 3.09. The van der Waals surface area contributed by atoms with Crippen molar-refractivity contribution in [2.45, 2.75) is 30.8 Å². The van der Waals surface area contributed by atoms with Gasteiger partial charge >= 0.3 is 0 Å². The molecule has 1 fully saturated rings. The number of sulfonamides is 1. The monoisotopic (exact) mass is 388 g/mol. The quantitative estimate of drug-likeness (QED) is 0.681. The summed E-state index contributed by atoms with van der Waals surface area (Å²) in [6.45, 7) is 2.87. The zero-order valence-corrected chi connectivity index (χ0v) is 16.1. The Bertz CT molecular complexity index is 972. The molecule has 0 N–H and O–H groups in total.